The quantitative estimate of drug-likeness (QED) is 0.741. The number of hydrogen-bond donors (Lipinski definition) is 3. The maximum Gasteiger partial charge on any atom is 0.224 e. The molecule has 1 fully saturated rings. The van der Waals surface area contributed by atoms with Crippen molar-refractivity contribution >= 4 is 17.5 Å². The first-order valence-corrected chi connectivity index (χ1v) is 8.96. The summed E-state index contributed by atoms with van der Waals surface area (Å²) in [5, 5.41) is 22.9. The molecule has 6 nitrogen and oxygen atoms in total. The number of rotatable bonds is 5. The first-order valence-electron chi connectivity index (χ1n) is 8.58. The van der Waals surface area contributed by atoms with E-state index in [0.29, 0.717) is 25.1 Å². The van der Waals surface area contributed by atoms with Gasteiger partial charge in [0.25, 0.3) is 0 Å². The van der Waals surface area contributed by atoms with Gasteiger partial charge in [-0.15, -0.1) is 0 Å². The van der Waals surface area contributed by atoms with Gasteiger partial charge in [-0.2, -0.15) is 0 Å². The van der Waals surface area contributed by atoms with Crippen LogP contribution in [0.2, 0.25) is 5.02 Å². The fourth-order valence-corrected chi connectivity index (χ4v) is 3.34. The largest absolute Gasteiger partial charge is 0.506 e. The number of nitrogens with zero attached hydrogens (tertiary/aromatic N) is 2. The Labute approximate surface area is 157 Å². The molecule has 3 N–H and O–H groups in total. The molecule has 2 heterocycles. The van der Waals surface area contributed by atoms with Gasteiger partial charge in [0.2, 0.25) is 5.91 Å². The van der Waals surface area contributed by atoms with Crippen LogP contribution in [0.5, 0.6) is 5.75 Å². The highest BCUT2D eigenvalue weighted by atomic mass is 35.5. The number of phenolic OH excluding ortho intramolecular Hbond substituents is 1. The second-order valence-electron chi connectivity index (χ2n) is 6.55. The van der Waals surface area contributed by atoms with Crippen molar-refractivity contribution in [3.8, 4) is 5.75 Å². The van der Waals surface area contributed by atoms with Gasteiger partial charge in [-0.05, 0) is 36.2 Å². The number of aliphatic hydroxyl groups excluding tert-OH is 1. The lowest BCUT2D eigenvalue weighted by Gasteiger charge is -2.36. The Kier molecular flexibility index (Phi) is 6.08. The maximum atomic E-state index is 12.2. The smallest absolute Gasteiger partial charge is 0.224 e. The Morgan fingerprint density at radius 2 is 2.19 bits per heavy atom. The Balaban J connectivity index is 1.49. The molecule has 1 aromatic carbocycles. The molecule has 2 aromatic rings. The number of carbonyl (C=O) groups is 1. The molecule has 26 heavy (non-hydrogen) atoms. The van der Waals surface area contributed by atoms with Crippen LogP contribution >= 0.6 is 11.6 Å². The minimum atomic E-state index is -0.625. The first-order chi connectivity index (χ1) is 12.5. The third kappa shape index (κ3) is 4.94. The molecule has 0 bridgehead atoms. The van der Waals surface area contributed by atoms with Crippen molar-refractivity contribution in [3.05, 3.63) is 58.9 Å². The average Bonchev–Trinajstić information content (AvgIpc) is 2.61. The monoisotopic (exact) mass is 375 g/mol. The summed E-state index contributed by atoms with van der Waals surface area (Å²) in [4.78, 5) is 18.7. The predicted octanol–water partition coefficient (Wildman–Crippen LogP) is 1.73. The zero-order valence-electron chi connectivity index (χ0n) is 14.3. The van der Waals surface area contributed by atoms with Crippen molar-refractivity contribution in [2.45, 2.75) is 31.5 Å². The van der Waals surface area contributed by atoms with E-state index in [1.165, 1.54) is 6.07 Å². The molecule has 2 atom stereocenters. The van der Waals surface area contributed by atoms with E-state index < -0.39 is 6.10 Å². The maximum absolute atomic E-state index is 12.2. The van der Waals surface area contributed by atoms with E-state index in [1.54, 1.807) is 18.3 Å². The van der Waals surface area contributed by atoms with Crippen molar-refractivity contribution in [1.29, 1.82) is 0 Å². The summed E-state index contributed by atoms with van der Waals surface area (Å²) in [6.07, 6.45) is 1.96. The van der Waals surface area contributed by atoms with Crippen LogP contribution in [-0.2, 0) is 17.8 Å². The van der Waals surface area contributed by atoms with E-state index in [-0.39, 0.29) is 29.1 Å². The number of likely N-dealkylation sites (tertiary alicyclic amines) is 1. The number of aromatic hydroxyl groups is 1. The van der Waals surface area contributed by atoms with Crippen molar-refractivity contribution < 1.29 is 15.0 Å². The summed E-state index contributed by atoms with van der Waals surface area (Å²) in [5.41, 5.74) is 1.68. The lowest BCUT2D eigenvalue weighted by atomic mass is 10.0. The van der Waals surface area contributed by atoms with Crippen molar-refractivity contribution in [1.82, 2.24) is 15.2 Å². The second-order valence-corrected chi connectivity index (χ2v) is 6.96. The van der Waals surface area contributed by atoms with Gasteiger partial charge in [-0.25, -0.2) is 0 Å². The normalized spacial score (nSPS) is 20.7. The molecule has 0 spiro atoms. The third-order valence-electron chi connectivity index (χ3n) is 4.50. The molecule has 0 aliphatic carbocycles. The molecule has 1 aliphatic rings. The highest BCUT2D eigenvalue weighted by molar-refractivity contribution is 6.32. The summed E-state index contributed by atoms with van der Waals surface area (Å²) in [7, 11) is 0. The highest BCUT2D eigenvalue weighted by Gasteiger charge is 2.28. The van der Waals surface area contributed by atoms with Gasteiger partial charge < -0.3 is 15.5 Å². The van der Waals surface area contributed by atoms with Crippen LogP contribution in [0.15, 0.2) is 42.6 Å². The number of piperidine rings is 1. The fourth-order valence-electron chi connectivity index (χ4n) is 3.13. The topological polar surface area (TPSA) is 85.7 Å². The number of pyridine rings is 1. The molecule has 0 radical (unpaired) electrons. The third-order valence-corrected chi connectivity index (χ3v) is 4.80. The molecular weight excluding hydrogens is 354 g/mol. The summed E-state index contributed by atoms with van der Waals surface area (Å²) in [5.74, 6) is -0.180. The fraction of sp³-hybridized carbons (Fsp3) is 0.368. The van der Waals surface area contributed by atoms with Crippen molar-refractivity contribution in [3.63, 3.8) is 0 Å². The van der Waals surface area contributed by atoms with Crippen molar-refractivity contribution in [2.24, 2.45) is 0 Å². The molecule has 1 aliphatic heterocycles. The molecular formula is C19H22ClN3O3. The Bertz CT molecular complexity index is 757. The Hall–Kier alpha value is -2.15. The summed E-state index contributed by atoms with van der Waals surface area (Å²) in [6.45, 7) is 1.96. The predicted molar refractivity (Wildman–Crippen MR) is 98.9 cm³/mol. The van der Waals surface area contributed by atoms with E-state index in [9.17, 15) is 15.0 Å². The number of hydrogen-bond acceptors (Lipinski definition) is 5. The SMILES string of the molecule is O=C(Cc1ccc(O)c(Cl)c1)N[C@@H]1CCN(Cc2ccccn2)C[C@H]1O. The standard InChI is InChI=1S/C19H22ClN3O3/c20-15-9-13(4-5-17(15)24)10-19(26)22-16-6-8-23(12-18(16)25)11-14-3-1-2-7-21-14/h1-5,7,9,16,18,24-25H,6,8,10-12H2,(H,22,26)/t16-,18-/m1/s1. The second kappa shape index (κ2) is 8.49. The number of nitrogens with one attached hydrogen (secondary N) is 1. The number of amides is 1. The van der Waals surface area contributed by atoms with Crippen molar-refractivity contribution in [2.75, 3.05) is 13.1 Å². The molecule has 1 amide bonds. The molecule has 3 rings (SSSR count). The number of β-amino-alcohol motifs (C(OH)–C–C–N with tert-alkyl or cyclic N) is 1. The van der Waals surface area contributed by atoms with Crippen LogP contribution in [-0.4, -0.2) is 51.2 Å². The van der Waals surface area contributed by atoms with Crippen LogP contribution in [0.3, 0.4) is 0 Å². The zero-order chi connectivity index (χ0) is 18.5. The number of phenols is 1. The minimum absolute atomic E-state index is 0.00785. The number of benzene rings is 1. The van der Waals surface area contributed by atoms with Gasteiger partial charge in [0.05, 0.1) is 29.3 Å². The van der Waals surface area contributed by atoms with E-state index in [4.69, 9.17) is 11.6 Å². The van der Waals surface area contributed by atoms with E-state index in [0.717, 1.165) is 12.2 Å². The summed E-state index contributed by atoms with van der Waals surface area (Å²) in [6, 6.07) is 10.2. The molecule has 0 saturated carbocycles. The lowest BCUT2D eigenvalue weighted by Crippen LogP contribution is -2.54. The van der Waals surface area contributed by atoms with E-state index >= 15 is 0 Å². The van der Waals surface area contributed by atoms with Gasteiger partial charge in [-0.1, -0.05) is 23.7 Å². The Morgan fingerprint density at radius 1 is 1.35 bits per heavy atom. The van der Waals surface area contributed by atoms with Gasteiger partial charge in [0.1, 0.15) is 5.75 Å². The van der Waals surface area contributed by atoms with E-state index in [1.807, 2.05) is 18.2 Å². The van der Waals surface area contributed by atoms with Crippen LogP contribution in [0, 0.1) is 0 Å². The molecule has 1 aromatic heterocycles. The number of aromatic nitrogens is 1. The van der Waals surface area contributed by atoms with Gasteiger partial charge in [-0.3, -0.25) is 14.7 Å². The van der Waals surface area contributed by atoms with E-state index in [2.05, 4.69) is 15.2 Å². The Morgan fingerprint density at radius 3 is 2.88 bits per heavy atom. The molecule has 0 unspecified atom stereocenters. The first kappa shape index (κ1) is 18.6. The molecule has 1 saturated heterocycles. The number of halogens is 1. The highest BCUT2D eigenvalue weighted by Crippen LogP contribution is 2.24. The van der Waals surface area contributed by atoms with Crippen LogP contribution in [0.1, 0.15) is 17.7 Å². The zero-order valence-corrected chi connectivity index (χ0v) is 15.1. The summed E-state index contributed by atoms with van der Waals surface area (Å²) < 4.78 is 0. The van der Waals surface area contributed by atoms with Crippen LogP contribution in [0.4, 0.5) is 0 Å². The van der Waals surface area contributed by atoms with Gasteiger partial charge in [0, 0.05) is 25.8 Å². The minimum Gasteiger partial charge on any atom is -0.506 e. The molecule has 7 heteroatoms. The lowest BCUT2D eigenvalue weighted by molar-refractivity contribution is -0.122. The molecule has 138 valence electrons. The van der Waals surface area contributed by atoms with Gasteiger partial charge in [0.15, 0.2) is 0 Å². The van der Waals surface area contributed by atoms with Gasteiger partial charge >= 0.3 is 0 Å². The van der Waals surface area contributed by atoms with Crippen LogP contribution in [0.25, 0.3) is 0 Å². The number of aliphatic hydroxyl groups is 1. The average molecular weight is 376 g/mol. The van der Waals surface area contributed by atoms with Crippen LogP contribution < -0.4 is 5.32 Å². The number of carbonyl (C=O) groups excluding carboxylic acids is 1. The summed E-state index contributed by atoms with van der Waals surface area (Å²) >= 11 is 5.86.